The maximum absolute atomic E-state index is 8.99. The van der Waals surface area contributed by atoms with Gasteiger partial charge in [-0.1, -0.05) is 0 Å². The molecule has 0 aliphatic carbocycles. The molecule has 0 atom stereocenters. The van der Waals surface area contributed by atoms with Crippen LogP contribution in [0.4, 0.5) is 0 Å². The predicted octanol–water partition coefficient (Wildman–Crippen LogP) is -0.119. The molecule has 0 amide bonds. The molecule has 0 aliphatic heterocycles. The lowest BCUT2D eigenvalue weighted by atomic mass is 10.4. The number of aromatic nitrogens is 3. The number of ether oxygens (including phenoxy) is 1. The average molecular weight is 195 g/mol. The summed E-state index contributed by atoms with van der Waals surface area (Å²) in [6.07, 6.45) is 1.21. The maximum Gasteiger partial charge on any atom is 0.240 e. The van der Waals surface area contributed by atoms with Crippen molar-refractivity contribution in [3.8, 4) is 5.88 Å². The van der Waals surface area contributed by atoms with Crippen molar-refractivity contribution < 1.29 is 14.9 Å². The molecule has 0 unspecified atom stereocenters. The Morgan fingerprint density at radius 2 is 2.21 bits per heavy atom. The van der Waals surface area contributed by atoms with E-state index in [4.69, 9.17) is 14.9 Å². The first-order valence-electron chi connectivity index (χ1n) is 3.95. The molecule has 2 N–H and O–H groups in total. The Kier molecular flexibility index (Phi) is 2.06. The van der Waals surface area contributed by atoms with E-state index in [0.717, 1.165) is 0 Å². The van der Waals surface area contributed by atoms with Gasteiger partial charge in [0.25, 0.3) is 0 Å². The Labute approximate surface area is 79.4 Å². The van der Waals surface area contributed by atoms with Crippen molar-refractivity contribution in [3.63, 3.8) is 0 Å². The SMILES string of the molecule is COc1ncnc2c1ccn2C(O)O. The minimum Gasteiger partial charge on any atom is -0.480 e. The van der Waals surface area contributed by atoms with Gasteiger partial charge in [0.05, 0.1) is 12.5 Å². The first kappa shape index (κ1) is 8.92. The van der Waals surface area contributed by atoms with E-state index in [1.54, 1.807) is 6.07 Å². The van der Waals surface area contributed by atoms with Gasteiger partial charge in [0, 0.05) is 6.20 Å². The van der Waals surface area contributed by atoms with Gasteiger partial charge in [0.2, 0.25) is 12.3 Å². The molecule has 0 fully saturated rings. The third kappa shape index (κ3) is 1.21. The van der Waals surface area contributed by atoms with Crippen LogP contribution in [0.2, 0.25) is 0 Å². The fourth-order valence-electron chi connectivity index (χ4n) is 1.30. The van der Waals surface area contributed by atoms with Gasteiger partial charge in [0.15, 0.2) is 5.65 Å². The van der Waals surface area contributed by atoms with Crippen molar-refractivity contribution >= 4 is 11.0 Å². The summed E-state index contributed by atoms with van der Waals surface area (Å²) >= 11 is 0. The summed E-state index contributed by atoms with van der Waals surface area (Å²) in [7, 11) is 1.49. The lowest BCUT2D eigenvalue weighted by molar-refractivity contribution is -0.0990. The van der Waals surface area contributed by atoms with Crippen LogP contribution in [0.1, 0.15) is 6.41 Å². The van der Waals surface area contributed by atoms with E-state index in [9.17, 15) is 0 Å². The molecule has 2 aromatic heterocycles. The lowest BCUT2D eigenvalue weighted by Crippen LogP contribution is -2.06. The van der Waals surface area contributed by atoms with Gasteiger partial charge < -0.3 is 14.9 Å². The predicted molar refractivity (Wildman–Crippen MR) is 47.6 cm³/mol. The van der Waals surface area contributed by atoms with Gasteiger partial charge >= 0.3 is 0 Å². The van der Waals surface area contributed by atoms with Crippen molar-refractivity contribution in [3.05, 3.63) is 18.6 Å². The molecule has 2 heterocycles. The number of nitrogens with zero attached hydrogens (tertiary/aromatic N) is 3. The molecule has 0 saturated heterocycles. The molecule has 14 heavy (non-hydrogen) atoms. The highest BCUT2D eigenvalue weighted by molar-refractivity contribution is 5.81. The highest BCUT2D eigenvalue weighted by Crippen LogP contribution is 2.22. The smallest absolute Gasteiger partial charge is 0.240 e. The number of fused-ring (bicyclic) bond motifs is 1. The minimum absolute atomic E-state index is 0.411. The third-order valence-electron chi connectivity index (χ3n) is 1.91. The molecule has 0 aliphatic rings. The molecule has 0 bridgehead atoms. The Morgan fingerprint density at radius 1 is 1.43 bits per heavy atom. The molecular formula is C8H9N3O3. The zero-order valence-corrected chi connectivity index (χ0v) is 7.45. The van der Waals surface area contributed by atoms with E-state index in [0.29, 0.717) is 16.9 Å². The van der Waals surface area contributed by atoms with Gasteiger partial charge in [-0.2, -0.15) is 0 Å². The molecular weight excluding hydrogens is 186 g/mol. The lowest BCUT2D eigenvalue weighted by Gasteiger charge is -2.06. The van der Waals surface area contributed by atoms with E-state index < -0.39 is 6.41 Å². The van der Waals surface area contributed by atoms with E-state index in [-0.39, 0.29) is 0 Å². The number of aliphatic hydroxyl groups is 2. The molecule has 0 radical (unpaired) electrons. The molecule has 6 nitrogen and oxygen atoms in total. The first-order chi connectivity index (χ1) is 6.74. The van der Waals surface area contributed by atoms with Crippen LogP contribution in [0.5, 0.6) is 5.88 Å². The summed E-state index contributed by atoms with van der Waals surface area (Å²) in [6, 6.07) is 1.66. The first-order valence-corrected chi connectivity index (χ1v) is 3.95. The second-order valence-electron chi connectivity index (χ2n) is 2.69. The van der Waals surface area contributed by atoms with Crippen molar-refractivity contribution in [1.29, 1.82) is 0 Å². The number of hydrogen-bond donors (Lipinski definition) is 2. The normalized spacial score (nSPS) is 11.1. The van der Waals surface area contributed by atoms with Crippen molar-refractivity contribution in [2.24, 2.45) is 0 Å². The summed E-state index contributed by atoms with van der Waals surface area (Å²) < 4.78 is 6.20. The van der Waals surface area contributed by atoms with Crippen LogP contribution in [0.25, 0.3) is 11.0 Å². The highest BCUT2D eigenvalue weighted by Gasteiger charge is 2.11. The summed E-state index contributed by atoms with van der Waals surface area (Å²) in [5, 5.41) is 18.6. The van der Waals surface area contributed by atoms with Gasteiger partial charge in [-0.15, -0.1) is 0 Å². The van der Waals surface area contributed by atoms with E-state index in [1.165, 1.54) is 24.2 Å². The van der Waals surface area contributed by atoms with Gasteiger partial charge in [0.1, 0.15) is 6.33 Å². The zero-order chi connectivity index (χ0) is 10.1. The molecule has 2 rings (SSSR count). The van der Waals surface area contributed by atoms with Gasteiger partial charge in [-0.05, 0) is 6.07 Å². The Balaban J connectivity index is 2.69. The third-order valence-corrected chi connectivity index (χ3v) is 1.91. The quantitative estimate of drug-likeness (QED) is 0.653. The van der Waals surface area contributed by atoms with E-state index in [1.807, 2.05) is 0 Å². The number of methoxy groups -OCH3 is 1. The van der Waals surface area contributed by atoms with Crippen molar-refractivity contribution in [2.75, 3.05) is 7.11 Å². The fraction of sp³-hybridized carbons (Fsp3) is 0.250. The van der Waals surface area contributed by atoms with Gasteiger partial charge in [-0.3, -0.25) is 4.57 Å². The number of aliphatic hydroxyl groups excluding tert-OH is 1. The molecule has 74 valence electrons. The summed E-state index contributed by atoms with van der Waals surface area (Å²) in [6.45, 7) is 0. The van der Waals surface area contributed by atoms with Crippen LogP contribution in [-0.4, -0.2) is 31.9 Å². The second-order valence-corrected chi connectivity index (χ2v) is 2.69. The summed E-state index contributed by atoms with van der Waals surface area (Å²) in [5.74, 6) is 0.411. The van der Waals surface area contributed by atoms with E-state index in [2.05, 4.69) is 9.97 Å². The zero-order valence-electron chi connectivity index (χ0n) is 7.45. The maximum atomic E-state index is 8.99. The van der Waals surface area contributed by atoms with Crippen LogP contribution in [0, 0.1) is 0 Å². The Bertz CT molecular complexity index is 452. The van der Waals surface area contributed by atoms with Crippen LogP contribution in [0.15, 0.2) is 18.6 Å². The topological polar surface area (TPSA) is 80.4 Å². The molecule has 0 aromatic carbocycles. The molecule has 0 spiro atoms. The van der Waals surface area contributed by atoms with Crippen molar-refractivity contribution in [1.82, 2.24) is 14.5 Å². The molecule has 0 saturated carbocycles. The monoisotopic (exact) mass is 195 g/mol. The Hall–Kier alpha value is -1.66. The average Bonchev–Trinajstić information content (AvgIpc) is 2.60. The molecule has 2 aromatic rings. The van der Waals surface area contributed by atoms with Crippen LogP contribution >= 0.6 is 0 Å². The van der Waals surface area contributed by atoms with Crippen LogP contribution in [0.3, 0.4) is 0 Å². The second kappa shape index (κ2) is 3.24. The fourth-order valence-corrected chi connectivity index (χ4v) is 1.30. The largest absolute Gasteiger partial charge is 0.480 e. The highest BCUT2D eigenvalue weighted by atomic mass is 16.5. The van der Waals surface area contributed by atoms with Crippen LogP contribution in [-0.2, 0) is 0 Å². The van der Waals surface area contributed by atoms with E-state index >= 15 is 0 Å². The molecule has 6 heteroatoms. The summed E-state index contributed by atoms with van der Waals surface area (Å²) in [4.78, 5) is 7.81. The Morgan fingerprint density at radius 3 is 2.86 bits per heavy atom. The van der Waals surface area contributed by atoms with Gasteiger partial charge in [-0.25, -0.2) is 9.97 Å². The summed E-state index contributed by atoms with van der Waals surface area (Å²) in [5.41, 5.74) is 0.423. The standard InChI is InChI=1S/C8H9N3O3/c1-14-7-5-2-3-11(8(12)13)6(5)9-4-10-7/h2-4,8,12-13H,1H3. The minimum atomic E-state index is -1.60. The number of rotatable bonds is 2. The van der Waals surface area contributed by atoms with Crippen molar-refractivity contribution in [2.45, 2.75) is 6.41 Å². The number of hydrogen-bond acceptors (Lipinski definition) is 5. The van der Waals surface area contributed by atoms with Crippen LogP contribution < -0.4 is 4.74 Å².